The maximum Gasteiger partial charge on any atom is 0.271 e. The molecule has 0 radical (unpaired) electrons. The summed E-state index contributed by atoms with van der Waals surface area (Å²) in [6.07, 6.45) is 1.69. The lowest BCUT2D eigenvalue weighted by Gasteiger charge is -2.06. The van der Waals surface area contributed by atoms with Crippen LogP contribution in [0.15, 0.2) is 41.3 Å². The van der Waals surface area contributed by atoms with Gasteiger partial charge in [-0.15, -0.1) is 0 Å². The highest BCUT2D eigenvalue weighted by molar-refractivity contribution is 5.38. The van der Waals surface area contributed by atoms with Crippen LogP contribution in [0.3, 0.4) is 0 Å². The van der Waals surface area contributed by atoms with Crippen molar-refractivity contribution in [1.29, 1.82) is 5.26 Å². The Bertz CT molecular complexity index is 569. The Kier molecular flexibility index (Phi) is 2.14. The van der Waals surface area contributed by atoms with Crippen LogP contribution in [0, 0.1) is 11.3 Å². The fraction of sp³-hybridized carbons (Fsp3) is 0.0909. The fourth-order valence-corrected chi connectivity index (χ4v) is 1.45. The standard InChI is InChI=1S/C11H9N3O/c1-13-7-6-11(15)14(13)10-4-2-9(8-12)3-5-10/h2-7H,1H3. The van der Waals surface area contributed by atoms with E-state index in [9.17, 15) is 4.79 Å². The molecule has 0 unspecified atom stereocenters. The maximum atomic E-state index is 11.5. The molecule has 0 amide bonds. The summed E-state index contributed by atoms with van der Waals surface area (Å²) in [5.74, 6) is 0. The molecule has 0 N–H and O–H groups in total. The van der Waals surface area contributed by atoms with Crippen LogP contribution in [0.2, 0.25) is 0 Å². The number of rotatable bonds is 1. The highest BCUT2D eigenvalue weighted by Crippen LogP contribution is 2.06. The Morgan fingerprint density at radius 1 is 1.20 bits per heavy atom. The van der Waals surface area contributed by atoms with E-state index in [1.807, 2.05) is 6.07 Å². The van der Waals surface area contributed by atoms with Gasteiger partial charge in [0.15, 0.2) is 0 Å². The van der Waals surface area contributed by atoms with Gasteiger partial charge in [0, 0.05) is 19.3 Å². The predicted octanol–water partition coefficient (Wildman–Crippen LogP) is 1.05. The summed E-state index contributed by atoms with van der Waals surface area (Å²) in [7, 11) is 1.79. The first-order valence-electron chi connectivity index (χ1n) is 4.47. The fourth-order valence-electron chi connectivity index (χ4n) is 1.45. The highest BCUT2D eigenvalue weighted by atomic mass is 16.1. The average Bonchev–Trinajstić information content (AvgIpc) is 2.59. The Balaban J connectivity index is 2.56. The average molecular weight is 199 g/mol. The molecular formula is C11H9N3O. The zero-order chi connectivity index (χ0) is 10.8. The van der Waals surface area contributed by atoms with Gasteiger partial charge in [-0.1, -0.05) is 0 Å². The van der Waals surface area contributed by atoms with Crippen molar-refractivity contribution in [1.82, 2.24) is 9.36 Å². The van der Waals surface area contributed by atoms with Crippen LogP contribution < -0.4 is 5.56 Å². The minimum atomic E-state index is -0.0813. The van der Waals surface area contributed by atoms with Crippen LogP contribution in [0.5, 0.6) is 0 Å². The molecule has 2 aromatic rings. The van der Waals surface area contributed by atoms with Crippen molar-refractivity contribution in [3.05, 3.63) is 52.4 Å². The minimum Gasteiger partial charge on any atom is -0.288 e. The van der Waals surface area contributed by atoms with Gasteiger partial charge in [0.1, 0.15) is 0 Å². The highest BCUT2D eigenvalue weighted by Gasteiger charge is 2.02. The second-order valence-electron chi connectivity index (χ2n) is 3.20. The zero-order valence-corrected chi connectivity index (χ0v) is 8.21. The van der Waals surface area contributed by atoms with E-state index in [-0.39, 0.29) is 5.56 Å². The number of nitriles is 1. The van der Waals surface area contributed by atoms with E-state index in [1.165, 1.54) is 10.7 Å². The molecule has 0 aliphatic heterocycles. The number of aromatic nitrogens is 2. The second kappa shape index (κ2) is 3.46. The Labute approximate surface area is 86.6 Å². The lowest BCUT2D eigenvalue weighted by Crippen LogP contribution is -2.18. The smallest absolute Gasteiger partial charge is 0.271 e. The predicted molar refractivity (Wildman–Crippen MR) is 55.7 cm³/mol. The summed E-state index contributed by atoms with van der Waals surface area (Å²) in [5, 5.41) is 8.64. The Morgan fingerprint density at radius 2 is 1.87 bits per heavy atom. The zero-order valence-electron chi connectivity index (χ0n) is 8.21. The van der Waals surface area contributed by atoms with E-state index in [0.717, 1.165) is 5.69 Å². The van der Waals surface area contributed by atoms with Crippen LogP contribution in [-0.4, -0.2) is 9.36 Å². The van der Waals surface area contributed by atoms with Gasteiger partial charge < -0.3 is 0 Å². The summed E-state index contributed by atoms with van der Waals surface area (Å²) in [4.78, 5) is 11.5. The van der Waals surface area contributed by atoms with Gasteiger partial charge in [0.05, 0.1) is 17.3 Å². The number of benzene rings is 1. The van der Waals surface area contributed by atoms with Crippen molar-refractivity contribution >= 4 is 0 Å². The molecule has 0 atom stereocenters. The van der Waals surface area contributed by atoms with Gasteiger partial charge in [0.2, 0.25) is 0 Å². The van der Waals surface area contributed by atoms with Crippen molar-refractivity contribution in [2.24, 2.45) is 7.05 Å². The first-order chi connectivity index (χ1) is 7.22. The van der Waals surface area contributed by atoms with Crippen LogP contribution in [-0.2, 0) is 7.05 Å². The third-order valence-corrected chi connectivity index (χ3v) is 2.20. The molecule has 0 saturated heterocycles. The van der Waals surface area contributed by atoms with Crippen molar-refractivity contribution in [3.8, 4) is 11.8 Å². The Hall–Kier alpha value is -2.28. The Morgan fingerprint density at radius 3 is 2.33 bits per heavy atom. The monoisotopic (exact) mass is 199 g/mol. The summed E-state index contributed by atoms with van der Waals surface area (Å²) in [5.41, 5.74) is 1.26. The molecule has 0 aliphatic rings. The third kappa shape index (κ3) is 1.55. The van der Waals surface area contributed by atoms with Crippen LogP contribution in [0.1, 0.15) is 5.56 Å². The van der Waals surface area contributed by atoms with Crippen LogP contribution in [0.25, 0.3) is 5.69 Å². The van der Waals surface area contributed by atoms with E-state index < -0.39 is 0 Å². The molecule has 1 aromatic heterocycles. The van der Waals surface area contributed by atoms with Gasteiger partial charge in [-0.05, 0) is 24.3 Å². The molecule has 0 bridgehead atoms. The molecule has 15 heavy (non-hydrogen) atoms. The van der Waals surface area contributed by atoms with Crippen molar-refractivity contribution < 1.29 is 0 Å². The number of nitrogens with zero attached hydrogens (tertiary/aromatic N) is 3. The van der Waals surface area contributed by atoms with E-state index in [1.54, 1.807) is 42.2 Å². The lowest BCUT2D eigenvalue weighted by molar-refractivity contribution is 0.646. The van der Waals surface area contributed by atoms with Crippen LogP contribution >= 0.6 is 0 Å². The molecule has 0 fully saturated rings. The normalized spacial score (nSPS) is 9.87. The first kappa shape index (κ1) is 9.28. The van der Waals surface area contributed by atoms with Gasteiger partial charge in [0.25, 0.3) is 5.56 Å². The van der Waals surface area contributed by atoms with Crippen molar-refractivity contribution in [2.45, 2.75) is 0 Å². The molecule has 2 rings (SSSR count). The van der Waals surface area contributed by atoms with E-state index >= 15 is 0 Å². The number of hydrogen-bond donors (Lipinski definition) is 0. The molecule has 74 valence electrons. The molecule has 0 aliphatic carbocycles. The third-order valence-electron chi connectivity index (χ3n) is 2.20. The van der Waals surface area contributed by atoms with E-state index in [2.05, 4.69) is 0 Å². The number of aryl methyl sites for hydroxylation is 1. The topological polar surface area (TPSA) is 50.7 Å². The minimum absolute atomic E-state index is 0.0813. The second-order valence-corrected chi connectivity index (χ2v) is 3.20. The molecule has 0 spiro atoms. The van der Waals surface area contributed by atoms with Crippen LogP contribution in [0.4, 0.5) is 0 Å². The van der Waals surface area contributed by atoms with Gasteiger partial charge in [-0.25, -0.2) is 4.68 Å². The van der Waals surface area contributed by atoms with Crippen molar-refractivity contribution in [3.63, 3.8) is 0 Å². The first-order valence-corrected chi connectivity index (χ1v) is 4.47. The van der Waals surface area contributed by atoms with Gasteiger partial charge >= 0.3 is 0 Å². The summed E-state index contributed by atoms with van der Waals surface area (Å²) < 4.78 is 3.23. The largest absolute Gasteiger partial charge is 0.288 e. The molecular weight excluding hydrogens is 190 g/mol. The van der Waals surface area contributed by atoms with E-state index in [4.69, 9.17) is 5.26 Å². The SMILES string of the molecule is Cn1ccc(=O)n1-c1ccc(C#N)cc1. The molecule has 1 heterocycles. The quantitative estimate of drug-likeness (QED) is 0.689. The molecule has 0 saturated carbocycles. The molecule has 4 heteroatoms. The molecule has 1 aromatic carbocycles. The van der Waals surface area contributed by atoms with Crippen molar-refractivity contribution in [2.75, 3.05) is 0 Å². The summed E-state index contributed by atoms with van der Waals surface area (Å²) >= 11 is 0. The summed E-state index contributed by atoms with van der Waals surface area (Å²) in [6.45, 7) is 0. The van der Waals surface area contributed by atoms with Gasteiger partial charge in [-0.2, -0.15) is 5.26 Å². The van der Waals surface area contributed by atoms with E-state index in [0.29, 0.717) is 5.56 Å². The number of hydrogen-bond acceptors (Lipinski definition) is 2. The summed E-state index contributed by atoms with van der Waals surface area (Å²) in [6, 6.07) is 10.4. The molecule has 4 nitrogen and oxygen atoms in total. The lowest BCUT2D eigenvalue weighted by atomic mass is 10.2. The maximum absolute atomic E-state index is 11.5. The van der Waals surface area contributed by atoms with Gasteiger partial charge in [-0.3, -0.25) is 9.48 Å².